The minimum absolute atomic E-state index is 0.567. The Hall–Kier alpha value is -1.64. The summed E-state index contributed by atoms with van der Waals surface area (Å²) in [6.45, 7) is 2.83. The fraction of sp³-hybridized carbons (Fsp3) is 0.333. The molecule has 1 unspecified atom stereocenters. The van der Waals surface area contributed by atoms with Crippen LogP contribution in [0.3, 0.4) is 0 Å². The molecule has 0 aromatic heterocycles. The topological polar surface area (TPSA) is 29.3 Å². The van der Waals surface area contributed by atoms with Gasteiger partial charge < -0.3 is 5.73 Å². The molecule has 1 saturated heterocycles. The summed E-state index contributed by atoms with van der Waals surface area (Å²) in [4.78, 5) is 2.59. The first-order chi connectivity index (χ1) is 9.86. The molecule has 0 spiro atoms. The van der Waals surface area contributed by atoms with Crippen LogP contribution in [-0.4, -0.2) is 11.4 Å². The Morgan fingerprint density at radius 3 is 2.60 bits per heavy atom. The maximum atomic E-state index is 5.73. The molecule has 1 fully saturated rings. The van der Waals surface area contributed by atoms with Crippen molar-refractivity contribution in [1.82, 2.24) is 4.90 Å². The second-order valence-electron chi connectivity index (χ2n) is 5.56. The molecule has 1 aliphatic rings. The van der Waals surface area contributed by atoms with Crippen molar-refractivity contribution in [2.24, 2.45) is 5.73 Å². The highest BCUT2D eigenvalue weighted by Gasteiger charge is 2.25. The first-order valence-corrected chi connectivity index (χ1v) is 7.43. The van der Waals surface area contributed by atoms with Gasteiger partial charge in [0.1, 0.15) is 0 Å². The highest BCUT2D eigenvalue weighted by Crippen LogP contribution is 2.32. The number of likely N-dealkylation sites (tertiary alicyclic amines) is 1. The third kappa shape index (κ3) is 2.92. The van der Waals surface area contributed by atoms with Crippen molar-refractivity contribution in [1.29, 1.82) is 0 Å². The number of nitrogens with two attached hydrogens (primary N) is 1. The average molecular weight is 266 g/mol. The van der Waals surface area contributed by atoms with Gasteiger partial charge in [0, 0.05) is 19.1 Å². The van der Waals surface area contributed by atoms with E-state index in [1.807, 2.05) is 0 Å². The number of nitrogens with zero attached hydrogens (tertiary/aromatic N) is 1. The lowest BCUT2D eigenvalue weighted by Gasteiger charge is -2.25. The van der Waals surface area contributed by atoms with E-state index >= 15 is 0 Å². The zero-order chi connectivity index (χ0) is 13.8. The van der Waals surface area contributed by atoms with Crippen molar-refractivity contribution in [3.05, 3.63) is 71.3 Å². The molecule has 20 heavy (non-hydrogen) atoms. The summed E-state index contributed by atoms with van der Waals surface area (Å²) in [6, 6.07) is 20.1. The van der Waals surface area contributed by atoms with Gasteiger partial charge in [-0.15, -0.1) is 0 Å². The second-order valence-corrected chi connectivity index (χ2v) is 5.56. The molecule has 3 rings (SSSR count). The van der Waals surface area contributed by atoms with Crippen LogP contribution in [-0.2, 0) is 13.1 Å². The summed E-state index contributed by atoms with van der Waals surface area (Å²) in [5.74, 6) is 0. The molecule has 0 bridgehead atoms. The Labute approximate surface area is 121 Å². The van der Waals surface area contributed by atoms with Crippen LogP contribution in [0.2, 0.25) is 0 Å². The van der Waals surface area contributed by atoms with Crippen LogP contribution in [0.4, 0.5) is 0 Å². The van der Waals surface area contributed by atoms with Gasteiger partial charge in [-0.1, -0.05) is 54.6 Å². The standard InChI is InChI=1S/C18H22N2/c19-13-15-6-4-7-16(12-15)14-20-11-5-10-18(20)17-8-2-1-3-9-17/h1-4,6-9,12,18H,5,10-11,13-14,19H2. The molecule has 0 aliphatic carbocycles. The summed E-state index contributed by atoms with van der Waals surface area (Å²) >= 11 is 0. The van der Waals surface area contributed by atoms with Crippen LogP contribution in [0.1, 0.15) is 35.6 Å². The summed E-state index contributed by atoms with van der Waals surface area (Å²) in [7, 11) is 0. The average Bonchev–Trinajstić information content (AvgIpc) is 2.96. The molecule has 2 heteroatoms. The largest absolute Gasteiger partial charge is 0.326 e. The molecule has 1 heterocycles. The maximum Gasteiger partial charge on any atom is 0.0352 e. The van der Waals surface area contributed by atoms with Crippen LogP contribution in [0.5, 0.6) is 0 Å². The monoisotopic (exact) mass is 266 g/mol. The van der Waals surface area contributed by atoms with Gasteiger partial charge in [-0.3, -0.25) is 4.90 Å². The van der Waals surface area contributed by atoms with Crippen LogP contribution in [0.15, 0.2) is 54.6 Å². The van der Waals surface area contributed by atoms with Crippen LogP contribution >= 0.6 is 0 Å². The van der Waals surface area contributed by atoms with Crippen molar-refractivity contribution in [2.75, 3.05) is 6.54 Å². The first-order valence-electron chi connectivity index (χ1n) is 7.43. The smallest absolute Gasteiger partial charge is 0.0352 e. The predicted octanol–water partition coefficient (Wildman–Crippen LogP) is 3.48. The van der Waals surface area contributed by atoms with E-state index < -0.39 is 0 Å². The van der Waals surface area contributed by atoms with Crippen molar-refractivity contribution in [3.8, 4) is 0 Å². The van der Waals surface area contributed by atoms with E-state index in [1.165, 1.54) is 36.1 Å². The number of hydrogen-bond acceptors (Lipinski definition) is 2. The van der Waals surface area contributed by atoms with Crippen molar-refractivity contribution in [3.63, 3.8) is 0 Å². The molecular formula is C18H22N2. The van der Waals surface area contributed by atoms with Crippen molar-refractivity contribution >= 4 is 0 Å². The Morgan fingerprint density at radius 2 is 1.80 bits per heavy atom. The quantitative estimate of drug-likeness (QED) is 0.918. The normalized spacial score (nSPS) is 19.4. The molecule has 104 valence electrons. The van der Waals surface area contributed by atoms with Gasteiger partial charge in [-0.05, 0) is 36.1 Å². The van der Waals surface area contributed by atoms with Crippen molar-refractivity contribution < 1.29 is 0 Å². The van der Waals surface area contributed by atoms with E-state index in [4.69, 9.17) is 5.73 Å². The lowest BCUT2D eigenvalue weighted by Crippen LogP contribution is -2.22. The van der Waals surface area contributed by atoms with Gasteiger partial charge in [0.15, 0.2) is 0 Å². The van der Waals surface area contributed by atoms with E-state index in [1.54, 1.807) is 0 Å². The number of benzene rings is 2. The Morgan fingerprint density at radius 1 is 1.00 bits per heavy atom. The van der Waals surface area contributed by atoms with Gasteiger partial charge in [0.25, 0.3) is 0 Å². The van der Waals surface area contributed by atoms with Gasteiger partial charge in [-0.2, -0.15) is 0 Å². The van der Waals surface area contributed by atoms with Gasteiger partial charge in [-0.25, -0.2) is 0 Å². The minimum Gasteiger partial charge on any atom is -0.326 e. The Bertz CT molecular complexity index is 550. The third-order valence-corrected chi connectivity index (χ3v) is 4.16. The molecule has 2 N–H and O–H groups in total. The van der Waals surface area contributed by atoms with Crippen LogP contribution in [0, 0.1) is 0 Å². The molecule has 0 amide bonds. The summed E-state index contributed by atoms with van der Waals surface area (Å²) < 4.78 is 0. The fourth-order valence-electron chi connectivity index (χ4n) is 3.16. The molecule has 1 aliphatic heterocycles. The van der Waals surface area contributed by atoms with Gasteiger partial charge in [0.2, 0.25) is 0 Å². The lowest BCUT2D eigenvalue weighted by atomic mass is 10.0. The Balaban J connectivity index is 1.76. The molecule has 2 nitrogen and oxygen atoms in total. The van der Waals surface area contributed by atoms with Gasteiger partial charge in [0.05, 0.1) is 0 Å². The summed E-state index contributed by atoms with van der Waals surface area (Å²) in [5, 5.41) is 0. The molecular weight excluding hydrogens is 244 g/mol. The number of hydrogen-bond donors (Lipinski definition) is 1. The SMILES string of the molecule is NCc1cccc(CN2CCCC2c2ccccc2)c1. The highest BCUT2D eigenvalue weighted by atomic mass is 15.2. The Kier molecular flexibility index (Phi) is 4.14. The van der Waals surface area contributed by atoms with Crippen LogP contribution in [0.25, 0.3) is 0 Å². The molecule has 1 atom stereocenters. The van der Waals surface area contributed by atoms with E-state index in [-0.39, 0.29) is 0 Å². The summed E-state index contributed by atoms with van der Waals surface area (Å²) in [5.41, 5.74) is 9.77. The zero-order valence-corrected chi connectivity index (χ0v) is 11.8. The summed E-state index contributed by atoms with van der Waals surface area (Å²) in [6.07, 6.45) is 2.55. The lowest BCUT2D eigenvalue weighted by molar-refractivity contribution is 0.248. The van der Waals surface area contributed by atoms with Crippen LogP contribution < -0.4 is 5.73 Å². The molecule has 0 saturated carbocycles. The zero-order valence-electron chi connectivity index (χ0n) is 11.8. The third-order valence-electron chi connectivity index (χ3n) is 4.16. The van der Waals surface area contributed by atoms with E-state index in [2.05, 4.69) is 59.5 Å². The predicted molar refractivity (Wildman–Crippen MR) is 83.2 cm³/mol. The molecule has 0 radical (unpaired) electrons. The highest BCUT2D eigenvalue weighted by molar-refractivity contribution is 5.25. The van der Waals surface area contributed by atoms with E-state index in [0.29, 0.717) is 12.6 Å². The second kappa shape index (κ2) is 6.21. The van der Waals surface area contributed by atoms with E-state index in [0.717, 1.165) is 6.54 Å². The maximum absolute atomic E-state index is 5.73. The molecule has 2 aromatic carbocycles. The fourth-order valence-corrected chi connectivity index (χ4v) is 3.16. The number of rotatable bonds is 4. The van der Waals surface area contributed by atoms with Crippen molar-refractivity contribution in [2.45, 2.75) is 32.0 Å². The minimum atomic E-state index is 0.567. The van der Waals surface area contributed by atoms with E-state index in [9.17, 15) is 0 Å². The first kappa shape index (κ1) is 13.3. The molecule has 2 aromatic rings. The van der Waals surface area contributed by atoms with Gasteiger partial charge >= 0.3 is 0 Å².